The van der Waals surface area contributed by atoms with Crippen molar-refractivity contribution in [3.05, 3.63) is 66.5 Å². The molecule has 3 aromatic rings. The summed E-state index contributed by atoms with van der Waals surface area (Å²) in [6.07, 6.45) is 4.56. The van der Waals surface area contributed by atoms with E-state index < -0.39 is 0 Å². The average Bonchev–Trinajstić information content (AvgIpc) is 3.24. The third-order valence-electron chi connectivity index (χ3n) is 4.51. The molecule has 0 aliphatic carbocycles. The summed E-state index contributed by atoms with van der Waals surface area (Å²) in [5.74, 6) is 2.24. The molecule has 0 radical (unpaired) electrons. The summed E-state index contributed by atoms with van der Waals surface area (Å²) in [5.41, 5.74) is 2.02. The van der Waals surface area contributed by atoms with E-state index in [1.54, 1.807) is 20.4 Å². The molecule has 2 aromatic carbocycles. The molecular weight excluding hydrogens is 368 g/mol. The van der Waals surface area contributed by atoms with Gasteiger partial charge in [-0.1, -0.05) is 36.4 Å². The number of amides is 2. The number of nitrogens with one attached hydrogen (secondary N) is 2. The highest BCUT2D eigenvalue weighted by Gasteiger charge is 2.07. The first kappa shape index (κ1) is 20.3. The van der Waals surface area contributed by atoms with Crippen LogP contribution in [0.15, 0.2) is 60.9 Å². The fourth-order valence-electron chi connectivity index (χ4n) is 3.02. The van der Waals surface area contributed by atoms with Gasteiger partial charge in [-0.15, -0.1) is 0 Å². The molecule has 0 aliphatic rings. The van der Waals surface area contributed by atoms with E-state index in [0.29, 0.717) is 24.6 Å². The molecule has 0 fully saturated rings. The van der Waals surface area contributed by atoms with Crippen molar-refractivity contribution in [2.24, 2.45) is 0 Å². The molecule has 1 heterocycles. The number of carbonyl (C=O) groups excluding carboxylic acids is 1. The van der Waals surface area contributed by atoms with Gasteiger partial charge in [0.05, 0.1) is 14.2 Å². The van der Waals surface area contributed by atoms with Crippen molar-refractivity contribution >= 4 is 6.03 Å². The Bertz CT molecular complexity index is 925. The highest BCUT2D eigenvalue weighted by molar-refractivity contribution is 5.73. The zero-order valence-electron chi connectivity index (χ0n) is 16.7. The van der Waals surface area contributed by atoms with E-state index in [0.717, 1.165) is 29.9 Å². The Morgan fingerprint density at radius 1 is 1.03 bits per heavy atom. The maximum atomic E-state index is 12.0. The molecule has 0 aliphatic heterocycles. The Labute approximate surface area is 170 Å². The lowest BCUT2D eigenvalue weighted by atomic mass is 10.2. The maximum absolute atomic E-state index is 12.0. The standard InChI is InChI=1S/C22H26N4O3/c1-28-19-10-9-17(15-20(19)29-2)16-25-22(27)24-11-6-13-26-14-12-23-21(26)18-7-4-3-5-8-18/h3-5,7-10,12,14-15H,6,11,13,16H2,1-2H3,(H2,24,25,27). The van der Waals surface area contributed by atoms with Gasteiger partial charge in [0.2, 0.25) is 0 Å². The van der Waals surface area contributed by atoms with Crippen LogP contribution in [0.4, 0.5) is 4.79 Å². The van der Waals surface area contributed by atoms with Gasteiger partial charge in [0.25, 0.3) is 0 Å². The Kier molecular flexibility index (Phi) is 7.10. The second kappa shape index (κ2) is 10.2. The fourth-order valence-corrected chi connectivity index (χ4v) is 3.02. The van der Waals surface area contributed by atoms with E-state index in [9.17, 15) is 4.79 Å². The van der Waals surface area contributed by atoms with Crippen molar-refractivity contribution in [3.63, 3.8) is 0 Å². The van der Waals surface area contributed by atoms with E-state index >= 15 is 0 Å². The lowest BCUT2D eigenvalue weighted by Gasteiger charge is -2.11. The van der Waals surface area contributed by atoms with Crippen LogP contribution in [-0.2, 0) is 13.1 Å². The molecule has 0 atom stereocenters. The second-order valence-electron chi connectivity index (χ2n) is 6.46. The topological polar surface area (TPSA) is 77.4 Å². The number of ether oxygens (including phenoxy) is 2. The molecule has 2 amide bonds. The van der Waals surface area contributed by atoms with E-state index in [2.05, 4.69) is 20.2 Å². The molecule has 0 unspecified atom stereocenters. The Morgan fingerprint density at radius 2 is 1.83 bits per heavy atom. The van der Waals surface area contributed by atoms with Crippen molar-refractivity contribution in [2.45, 2.75) is 19.5 Å². The molecule has 0 spiro atoms. The predicted octanol–water partition coefficient (Wildman–Crippen LogP) is 3.46. The maximum Gasteiger partial charge on any atom is 0.315 e. The highest BCUT2D eigenvalue weighted by atomic mass is 16.5. The number of aromatic nitrogens is 2. The van der Waals surface area contributed by atoms with Crippen LogP contribution in [0.3, 0.4) is 0 Å². The number of hydrogen-bond acceptors (Lipinski definition) is 4. The molecule has 0 bridgehead atoms. The summed E-state index contributed by atoms with van der Waals surface area (Å²) < 4.78 is 12.6. The quantitative estimate of drug-likeness (QED) is 0.545. The zero-order valence-corrected chi connectivity index (χ0v) is 16.7. The number of rotatable bonds is 9. The van der Waals surface area contributed by atoms with Crippen molar-refractivity contribution in [1.82, 2.24) is 20.2 Å². The molecule has 29 heavy (non-hydrogen) atoms. The monoisotopic (exact) mass is 394 g/mol. The summed E-state index contributed by atoms with van der Waals surface area (Å²) in [6.45, 7) is 1.76. The average molecular weight is 394 g/mol. The van der Waals surface area contributed by atoms with Gasteiger partial charge in [0.1, 0.15) is 5.82 Å². The number of urea groups is 1. The first-order valence-corrected chi connectivity index (χ1v) is 9.50. The smallest absolute Gasteiger partial charge is 0.315 e. The zero-order chi connectivity index (χ0) is 20.5. The van der Waals surface area contributed by atoms with Gasteiger partial charge in [-0.3, -0.25) is 0 Å². The van der Waals surface area contributed by atoms with E-state index in [4.69, 9.17) is 9.47 Å². The summed E-state index contributed by atoms with van der Waals surface area (Å²) in [4.78, 5) is 16.5. The first-order valence-electron chi connectivity index (χ1n) is 9.50. The lowest BCUT2D eigenvalue weighted by molar-refractivity contribution is 0.240. The summed E-state index contributed by atoms with van der Waals surface area (Å²) in [6, 6.07) is 15.4. The minimum atomic E-state index is -0.200. The van der Waals surface area contributed by atoms with Crippen molar-refractivity contribution in [3.8, 4) is 22.9 Å². The van der Waals surface area contributed by atoms with Crippen molar-refractivity contribution in [2.75, 3.05) is 20.8 Å². The molecule has 3 rings (SSSR count). The Hall–Kier alpha value is -3.48. The van der Waals surface area contributed by atoms with Crippen LogP contribution in [-0.4, -0.2) is 36.3 Å². The molecule has 7 nitrogen and oxygen atoms in total. The van der Waals surface area contributed by atoms with E-state index in [-0.39, 0.29) is 6.03 Å². The lowest BCUT2D eigenvalue weighted by Crippen LogP contribution is -2.35. The SMILES string of the molecule is COc1ccc(CNC(=O)NCCCn2ccnc2-c2ccccc2)cc1OC. The predicted molar refractivity (Wildman–Crippen MR) is 112 cm³/mol. The molecular formula is C22H26N4O3. The normalized spacial score (nSPS) is 10.4. The van der Waals surface area contributed by atoms with Crippen LogP contribution in [0.2, 0.25) is 0 Å². The van der Waals surface area contributed by atoms with Gasteiger partial charge in [0, 0.05) is 37.6 Å². The van der Waals surface area contributed by atoms with Crippen LogP contribution in [0.25, 0.3) is 11.4 Å². The largest absolute Gasteiger partial charge is 0.493 e. The number of benzene rings is 2. The summed E-state index contributed by atoms with van der Waals surface area (Å²) in [5, 5.41) is 5.74. The van der Waals surface area contributed by atoms with E-state index in [1.807, 2.05) is 54.7 Å². The molecule has 2 N–H and O–H groups in total. The third-order valence-corrected chi connectivity index (χ3v) is 4.51. The van der Waals surface area contributed by atoms with Crippen LogP contribution in [0.1, 0.15) is 12.0 Å². The van der Waals surface area contributed by atoms with Crippen LogP contribution in [0, 0.1) is 0 Å². The van der Waals surface area contributed by atoms with Gasteiger partial charge in [0.15, 0.2) is 11.5 Å². The minimum Gasteiger partial charge on any atom is -0.493 e. The molecule has 0 saturated carbocycles. The first-order chi connectivity index (χ1) is 14.2. The van der Waals surface area contributed by atoms with Crippen LogP contribution in [0.5, 0.6) is 11.5 Å². The number of methoxy groups -OCH3 is 2. The van der Waals surface area contributed by atoms with E-state index in [1.165, 1.54) is 0 Å². The third kappa shape index (κ3) is 5.51. The Morgan fingerprint density at radius 3 is 2.59 bits per heavy atom. The van der Waals surface area contributed by atoms with Gasteiger partial charge in [-0.05, 0) is 24.1 Å². The number of carbonyl (C=O) groups is 1. The van der Waals surface area contributed by atoms with Crippen LogP contribution < -0.4 is 20.1 Å². The molecule has 152 valence electrons. The van der Waals surface area contributed by atoms with Gasteiger partial charge < -0.3 is 24.7 Å². The summed E-state index contributed by atoms with van der Waals surface area (Å²) in [7, 11) is 3.18. The molecule has 1 aromatic heterocycles. The molecule has 0 saturated heterocycles. The number of imidazole rings is 1. The highest BCUT2D eigenvalue weighted by Crippen LogP contribution is 2.27. The van der Waals surface area contributed by atoms with Gasteiger partial charge in [-0.2, -0.15) is 0 Å². The molecule has 7 heteroatoms. The van der Waals surface area contributed by atoms with Gasteiger partial charge >= 0.3 is 6.03 Å². The van der Waals surface area contributed by atoms with Crippen LogP contribution >= 0.6 is 0 Å². The van der Waals surface area contributed by atoms with Crippen molar-refractivity contribution < 1.29 is 14.3 Å². The second-order valence-corrected chi connectivity index (χ2v) is 6.46. The number of hydrogen-bond donors (Lipinski definition) is 2. The minimum absolute atomic E-state index is 0.200. The number of nitrogens with zero attached hydrogens (tertiary/aromatic N) is 2. The summed E-state index contributed by atoms with van der Waals surface area (Å²) >= 11 is 0. The van der Waals surface area contributed by atoms with Crippen molar-refractivity contribution in [1.29, 1.82) is 0 Å². The Balaban J connectivity index is 1.42. The van der Waals surface area contributed by atoms with Gasteiger partial charge in [-0.25, -0.2) is 9.78 Å². The number of aryl methyl sites for hydroxylation is 1. The fraction of sp³-hybridized carbons (Fsp3) is 0.273.